The minimum absolute atomic E-state index is 0. The lowest BCUT2D eigenvalue weighted by atomic mass is 10.1. The molecule has 0 amide bonds. The SMILES string of the molecule is Br.Br.Br.N[C@@H]1CNC[C@H](N)C1. The first kappa shape index (κ1) is 18.2. The molecule has 0 unspecified atom stereocenters. The molecule has 1 aliphatic heterocycles. The average molecular weight is 358 g/mol. The second-order valence-corrected chi connectivity index (χ2v) is 2.41. The molecule has 1 saturated heterocycles. The Morgan fingerprint density at radius 2 is 1.27 bits per heavy atom. The van der Waals surface area contributed by atoms with Gasteiger partial charge in [0.1, 0.15) is 0 Å². The molecule has 72 valence electrons. The molecule has 6 heteroatoms. The molecular weight excluding hydrogens is 342 g/mol. The first-order valence-corrected chi connectivity index (χ1v) is 3.01. The Morgan fingerprint density at radius 3 is 1.45 bits per heavy atom. The van der Waals surface area contributed by atoms with Gasteiger partial charge in [-0.15, -0.1) is 50.9 Å². The lowest BCUT2D eigenvalue weighted by molar-refractivity contribution is 0.411. The molecule has 0 aromatic heterocycles. The second-order valence-electron chi connectivity index (χ2n) is 2.41. The van der Waals surface area contributed by atoms with Gasteiger partial charge in [0.2, 0.25) is 0 Å². The zero-order valence-electron chi connectivity index (χ0n) is 6.16. The molecule has 0 aromatic carbocycles. The van der Waals surface area contributed by atoms with E-state index in [2.05, 4.69) is 5.32 Å². The van der Waals surface area contributed by atoms with E-state index in [-0.39, 0.29) is 63.0 Å². The van der Waals surface area contributed by atoms with Crippen LogP contribution in [0.5, 0.6) is 0 Å². The van der Waals surface area contributed by atoms with E-state index >= 15 is 0 Å². The minimum Gasteiger partial charge on any atom is -0.326 e. The third-order valence-corrected chi connectivity index (χ3v) is 1.42. The third-order valence-electron chi connectivity index (χ3n) is 1.42. The summed E-state index contributed by atoms with van der Waals surface area (Å²) in [6.45, 7) is 1.85. The quantitative estimate of drug-likeness (QED) is 0.587. The average Bonchev–Trinajstić information content (AvgIpc) is 1.64. The summed E-state index contributed by atoms with van der Waals surface area (Å²) in [6, 6.07) is 0.553. The maximum atomic E-state index is 5.58. The Balaban J connectivity index is -0.000000213. The molecule has 0 aliphatic carbocycles. The van der Waals surface area contributed by atoms with Crippen LogP contribution < -0.4 is 16.8 Å². The van der Waals surface area contributed by atoms with Crippen LogP contribution in [0, 0.1) is 0 Å². The number of nitrogens with one attached hydrogen (secondary N) is 1. The van der Waals surface area contributed by atoms with Gasteiger partial charge in [0, 0.05) is 25.2 Å². The predicted octanol–water partition coefficient (Wildman–Crippen LogP) is 0.368. The van der Waals surface area contributed by atoms with E-state index in [4.69, 9.17) is 11.5 Å². The maximum Gasteiger partial charge on any atom is 0.0180 e. The Hall–Kier alpha value is 1.32. The van der Waals surface area contributed by atoms with E-state index < -0.39 is 0 Å². The summed E-state index contributed by atoms with van der Waals surface area (Å²) >= 11 is 0. The Morgan fingerprint density at radius 1 is 0.909 bits per heavy atom. The van der Waals surface area contributed by atoms with E-state index in [0.717, 1.165) is 19.5 Å². The van der Waals surface area contributed by atoms with Gasteiger partial charge in [-0.1, -0.05) is 0 Å². The first-order chi connectivity index (χ1) is 3.79. The Kier molecular flexibility index (Phi) is 15.5. The molecule has 0 spiro atoms. The van der Waals surface area contributed by atoms with Crippen molar-refractivity contribution in [2.75, 3.05) is 13.1 Å². The molecule has 11 heavy (non-hydrogen) atoms. The van der Waals surface area contributed by atoms with Crippen molar-refractivity contribution in [2.45, 2.75) is 18.5 Å². The summed E-state index contributed by atoms with van der Waals surface area (Å²) in [5.74, 6) is 0. The van der Waals surface area contributed by atoms with Gasteiger partial charge in [-0.2, -0.15) is 0 Å². The van der Waals surface area contributed by atoms with Crippen LogP contribution in [-0.4, -0.2) is 25.2 Å². The highest BCUT2D eigenvalue weighted by Gasteiger charge is 2.13. The zero-order chi connectivity index (χ0) is 5.98. The summed E-state index contributed by atoms with van der Waals surface area (Å²) in [5, 5.41) is 3.13. The number of halogens is 3. The van der Waals surface area contributed by atoms with Crippen LogP contribution in [0.25, 0.3) is 0 Å². The minimum atomic E-state index is 0. The molecule has 0 saturated carbocycles. The van der Waals surface area contributed by atoms with E-state index in [1.54, 1.807) is 0 Å². The monoisotopic (exact) mass is 355 g/mol. The molecule has 1 rings (SSSR count). The van der Waals surface area contributed by atoms with Crippen LogP contribution in [0.15, 0.2) is 0 Å². The highest BCUT2D eigenvalue weighted by Crippen LogP contribution is 1.95. The van der Waals surface area contributed by atoms with Crippen molar-refractivity contribution in [1.29, 1.82) is 0 Å². The van der Waals surface area contributed by atoms with E-state index in [9.17, 15) is 0 Å². The van der Waals surface area contributed by atoms with Crippen LogP contribution in [0.2, 0.25) is 0 Å². The van der Waals surface area contributed by atoms with Gasteiger partial charge in [-0.25, -0.2) is 0 Å². The fourth-order valence-electron chi connectivity index (χ4n) is 1.01. The second kappa shape index (κ2) is 9.41. The lowest BCUT2D eigenvalue weighted by Crippen LogP contribution is -2.49. The van der Waals surface area contributed by atoms with Gasteiger partial charge < -0.3 is 16.8 Å². The maximum absolute atomic E-state index is 5.58. The first-order valence-electron chi connectivity index (χ1n) is 3.01. The molecule has 0 bridgehead atoms. The highest BCUT2D eigenvalue weighted by molar-refractivity contribution is 8.93. The van der Waals surface area contributed by atoms with E-state index in [1.165, 1.54) is 0 Å². The molecule has 1 heterocycles. The molecular formula is C5H16Br3N3. The standard InChI is InChI=1S/C5H13N3.3BrH/c6-4-1-5(7)3-8-2-4;;;/h4-5,8H,1-3,6-7H2;3*1H/t4-,5+;;;. The van der Waals surface area contributed by atoms with Gasteiger partial charge in [0.15, 0.2) is 0 Å². The summed E-state index contributed by atoms with van der Waals surface area (Å²) in [5.41, 5.74) is 11.2. The van der Waals surface area contributed by atoms with Crippen LogP contribution >= 0.6 is 50.9 Å². The van der Waals surface area contributed by atoms with Crippen molar-refractivity contribution < 1.29 is 0 Å². The molecule has 1 fully saturated rings. The van der Waals surface area contributed by atoms with Crippen molar-refractivity contribution in [3.05, 3.63) is 0 Å². The zero-order valence-corrected chi connectivity index (χ0v) is 11.3. The third kappa shape index (κ3) is 7.67. The van der Waals surface area contributed by atoms with Crippen molar-refractivity contribution >= 4 is 50.9 Å². The largest absolute Gasteiger partial charge is 0.326 e. The Labute approximate surface area is 99.0 Å². The molecule has 0 aromatic rings. The van der Waals surface area contributed by atoms with Gasteiger partial charge in [-0.05, 0) is 6.42 Å². The number of piperidine rings is 1. The molecule has 5 N–H and O–H groups in total. The fraction of sp³-hybridized carbons (Fsp3) is 1.00. The van der Waals surface area contributed by atoms with Gasteiger partial charge in [0.05, 0.1) is 0 Å². The highest BCUT2D eigenvalue weighted by atomic mass is 79.9. The normalized spacial score (nSPS) is 28.9. The summed E-state index contributed by atoms with van der Waals surface area (Å²) in [7, 11) is 0. The smallest absolute Gasteiger partial charge is 0.0180 e. The number of hydrogen-bond acceptors (Lipinski definition) is 3. The van der Waals surface area contributed by atoms with Gasteiger partial charge in [-0.3, -0.25) is 0 Å². The summed E-state index contributed by atoms with van der Waals surface area (Å²) in [6.07, 6.45) is 0.965. The van der Waals surface area contributed by atoms with Crippen LogP contribution in [0.4, 0.5) is 0 Å². The molecule has 1 aliphatic rings. The van der Waals surface area contributed by atoms with Gasteiger partial charge >= 0.3 is 0 Å². The molecule has 2 atom stereocenters. The fourth-order valence-corrected chi connectivity index (χ4v) is 1.01. The predicted molar refractivity (Wildman–Crippen MR) is 64.4 cm³/mol. The van der Waals surface area contributed by atoms with Crippen LogP contribution in [-0.2, 0) is 0 Å². The van der Waals surface area contributed by atoms with Crippen molar-refractivity contribution in [2.24, 2.45) is 11.5 Å². The van der Waals surface area contributed by atoms with E-state index in [0.29, 0.717) is 0 Å². The molecule has 0 radical (unpaired) electrons. The number of rotatable bonds is 0. The van der Waals surface area contributed by atoms with Crippen molar-refractivity contribution in [1.82, 2.24) is 5.32 Å². The van der Waals surface area contributed by atoms with Crippen LogP contribution in [0.1, 0.15) is 6.42 Å². The van der Waals surface area contributed by atoms with E-state index in [1.807, 2.05) is 0 Å². The van der Waals surface area contributed by atoms with Crippen molar-refractivity contribution in [3.8, 4) is 0 Å². The Bertz CT molecular complexity index is 75.4. The van der Waals surface area contributed by atoms with Crippen LogP contribution in [0.3, 0.4) is 0 Å². The molecule has 3 nitrogen and oxygen atoms in total. The topological polar surface area (TPSA) is 64.1 Å². The van der Waals surface area contributed by atoms with Crippen molar-refractivity contribution in [3.63, 3.8) is 0 Å². The number of hydrogen-bond donors (Lipinski definition) is 3. The number of nitrogens with two attached hydrogens (primary N) is 2. The van der Waals surface area contributed by atoms with Gasteiger partial charge in [0.25, 0.3) is 0 Å². The summed E-state index contributed by atoms with van der Waals surface area (Å²) in [4.78, 5) is 0. The lowest BCUT2D eigenvalue weighted by Gasteiger charge is -2.24. The summed E-state index contributed by atoms with van der Waals surface area (Å²) < 4.78 is 0.